The molecule has 3 rings (SSSR count). The van der Waals surface area contributed by atoms with Gasteiger partial charge >= 0.3 is 5.97 Å². The van der Waals surface area contributed by atoms with Gasteiger partial charge in [0.05, 0.1) is 12.5 Å². The second kappa shape index (κ2) is 11.3. The van der Waals surface area contributed by atoms with Gasteiger partial charge in [-0.15, -0.1) is 0 Å². The van der Waals surface area contributed by atoms with E-state index in [1.54, 1.807) is 18.2 Å². The van der Waals surface area contributed by atoms with Crippen molar-refractivity contribution in [2.45, 2.75) is 65.2 Å². The summed E-state index contributed by atoms with van der Waals surface area (Å²) in [4.78, 5) is 12.2. The molecular weight excluding hydrogens is 398 g/mol. The number of hydrogen-bond donors (Lipinski definition) is 0. The quantitative estimate of drug-likeness (QED) is 0.213. The van der Waals surface area contributed by atoms with Crippen molar-refractivity contribution in [1.82, 2.24) is 0 Å². The van der Waals surface area contributed by atoms with Gasteiger partial charge in [-0.05, 0) is 60.6 Å². The predicted molar refractivity (Wildman–Crippen MR) is 118 cm³/mol. The third-order valence-electron chi connectivity index (χ3n) is 6.06. The molecule has 0 radical (unpaired) electrons. The monoisotopic (exact) mass is 430 g/mol. The zero-order valence-electron chi connectivity index (χ0n) is 18.5. The molecule has 3 nitrogen and oxygen atoms in total. The molecule has 2 aromatic carbocycles. The molecule has 1 aliphatic carbocycles. The van der Waals surface area contributed by atoms with Crippen LogP contribution in [-0.4, -0.2) is 12.6 Å². The third-order valence-corrected chi connectivity index (χ3v) is 6.06. The minimum absolute atomic E-state index is 0.0859. The molecule has 168 valence electrons. The molecule has 0 heterocycles. The van der Waals surface area contributed by atoms with Crippen molar-refractivity contribution in [3.8, 4) is 22.6 Å². The number of esters is 1. The molecule has 0 aromatic heterocycles. The highest BCUT2D eigenvalue weighted by Gasteiger charge is 2.35. The predicted octanol–water partition coefficient (Wildman–Crippen LogP) is 7.32. The van der Waals surface area contributed by atoms with Crippen molar-refractivity contribution in [3.05, 3.63) is 48.0 Å². The Kier molecular flexibility index (Phi) is 8.44. The summed E-state index contributed by atoms with van der Waals surface area (Å²) in [6.45, 7) is 4.74. The van der Waals surface area contributed by atoms with Crippen LogP contribution in [0, 0.1) is 23.5 Å². The van der Waals surface area contributed by atoms with Crippen LogP contribution in [0.15, 0.2) is 36.4 Å². The van der Waals surface area contributed by atoms with E-state index in [0.717, 1.165) is 38.5 Å². The first-order valence-electron chi connectivity index (χ1n) is 11.5. The van der Waals surface area contributed by atoms with E-state index in [1.807, 2.05) is 0 Å². The maximum atomic E-state index is 14.5. The van der Waals surface area contributed by atoms with Crippen LogP contribution in [0.2, 0.25) is 0 Å². The van der Waals surface area contributed by atoms with Crippen molar-refractivity contribution >= 4 is 5.97 Å². The summed E-state index contributed by atoms with van der Waals surface area (Å²) in [5.74, 6) is -0.945. The van der Waals surface area contributed by atoms with E-state index in [9.17, 15) is 13.6 Å². The normalized spacial score (nSPS) is 17.8. The lowest BCUT2D eigenvalue weighted by molar-refractivity contribution is -0.143. The minimum atomic E-state index is -0.634. The lowest BCUT2D eigenvalue weighted by Gasteiger charge is -2.32. The summed E-state index contributed by atoms with van der Waals surface area (Å²) in [5.41, 5.74) is 1.05. The van der Waals surface area contributed by atoms with Crippen LogP contribution in [0.5, 0.6) is 11.5 Å². The standard InChI is InChI=1S/C26H32F2O3/c1-3-5-6-7-8-13-30-24-11-9-19(16-22(24)27)20-10-12-25(23(28)17-20)31-26(29)21-14-18(4-2)15-21/h9-12,16-18,21H,3-8,13-15H2,1-2H3. The van der Waals surface area contributed by atoms with E-state index in [-0.39, 0.29) is 23.4 Å². The van der Waals surface area contributed by atoms with Gasteiger partial charge in [0.1, 0.15) is 0 Å². The summed E-state index contributed by atoms with van der Waals surface area (Å²) in [6, 6.07) is 8.94. The highest BCUT2D eigenvalue weighted by molar-refractivity contribution is 5.76. The summed E-state index contributed by atoms with van der Waals surface area (Å²) in [7, 11) is 0. The molecule has 1 saturated carbocycles. The molecule has 5 heteroatoms. The van der Waals surface area contributed by atoms with Crippen LogP contribution >= 0.6 is 0 Å². The van der Waals surface area contributed by atoms with Gasteiger partial charge < -0.3 is 9.47 Å². The van der Waals surface area contributed by atoms with Crippen LogP contribution in [0.1, 0.15) is 65.2 Å². The van der Waals surface area contributed by atoms with E-state index < -0.39 is 11.6 Å². The SMILES string of the molecule is CCCCCCCOc1ccc(-c2ccc(OC(=O)C3CC(CC)C3)c(F)c2)cc1F. The summed E-state index contributed by atoms with van der Waals surface area (Å²) < 4.78 is 39.7. The zero-order valence-corrected chi connectivity index (χ0v) is 18.5. The number of rotatable bonds is 11. The second-order valence-electron chi connectivity index (χ2n) is 8.42. The summed E-state index contributed by atoms with van der Waals surface area (Å²) in [5, 5.41) is 0. The van der Waals surface area contributed by atoms with Gasteiger partial charge in [0, 0.05) is 0 Å². The Balaban J connectivity index is 1.56. The maximum absolute atomic E-state index is 14.5. The fourth-order valence-electron chi connectivity index (χ4n) is 3.90. The second-order valence-corrected chi connectivity index (χ2v) is 8.42. The molecule has 31 heavy (non-hydrogen) atoms. The van der Waals surface area contributed by atoms with Crippen molar-refractivity contribution < 1.29 is 23.0 Å². The molecule has 2 aromatic rings. The van der Waals surface area contributed by atoms with Gasteiger partial charge in [0.25, 0.3) is 0 Å². The minimum Gasteiger partial charge on any atom is -0.491 e. The first-order chi connectivity index (χ1) is 15.0. The molecule has 0 aliphatic heterocycles. The fraction of sp³-hybridized carbons (Fsp3) is 0.500. The fourth-order valence-corrected chi connectivity index (χ4v) is 3.90. The van der Waals surface area contributed by atoms with E-state index in [2.05, 4.69) is 13.8 Å². The van der Waals surface area contributed by atoms with Gasteiger partial charge in [-0.2, -0.15) is 0 Å². The number of carbonyl (C=O) groups excluding carboxylic acids is 1. The Labute approximate surface area is 183 Å². The summed E-state index contributed by atoms with van der Waals surface area (Å²) >= 11 is 0. The average molecular weight is 431 g/mol. The first kappa shape index (κ1) is 23.2. The smallest absolute Gasteiger partial charge is 0.314 e. The molecular formula is C26H32F2O3. The van der Waals surface area contributed by atoms with E-state index >= 15 is 0 Å². The molecule has 0 unspecified atom stereocenters. The Morgan fingerprint density at radius 3 is 2.10 bits per heavy atom. The third kappa shape index (κ3) is 6.28. The number of carbonyl (C=O) groups is 1. The Hall–Kier alpha value is -2.43. The molecule has 0 atom stereocenters. The van der Waals surface area contributed by atoms with Gasteiger partial charge in [0.15, 0.2) is 23.1 Å². The Morgan fingerprint density at radius 1 is 0.903 bits per heavy atom. The van der Waals surface area contributed by atoms with Crippen LogP contribution in [0.25, 0.3) is 11.1 Å². The molecule has 0 N–H and O–H groups in total. The summed E-state index contributed by atoms with van der Waals surface area (Å²) in [6.07, 6.45) is 8.18. The van der Waals surface area contributed by atoms with E-state index in [0.29, 0.717) is 23.7 Å². The first-order valence-corrected chi connectivity index (χ1v) is 11.5. The molecule has 1 fully saturated rings. The van der Waals surface area contributed by atoms with Gasteiger partial charge in [-0.1, -0.05) is 58.1 Å². The van der Waals surface area contributed by atoms with Gasteiger partial charge in [0.2, 0.25) is 0 Å². The molecule has 0 bridgehead atoms. The number of unbranched alkanes of at least 4 members (excludes halogenated alkanes) is 4. The lowest BCUT2D eigenvalue weighted by atomic mass is 9.74. The zero-order chi connectivity index (χ0) is 22.2. The van der Waals surface area contributed by atoms with Crippen LogP contribution in [0.3, 0.4) is 0 Å². The van der Waals surface area contributed by atoms with Crippen molar-refractivity contribution in [2.24, 2.45) is 11.8 Å². The molecule has 0 saturated heterocycles. The largest absolute Gasteiger partial charge is 0.491 e. The highest BCUT2D eigenvalue weighted by Crippen LogP contribution is 2.37. The van der Waals surface area contributed by atoms with Crippen molar-refractivity contribution in [1.29, 1.82) is 0 Å². The number of halogens is 2. The Morgan fingerprint density at radius 2 is 1.52 bits per heavy atom. The Bertz CT molecular complexity index is 875. The highest BCUT2D eigenvalue weighted by atomic mass is 19.1. The van der Waals surface area contributed by atoms with Crippen LogP contribution < -0.4 is 9.47 Å². The van der Waals surface area contributed by atoms with Gasteiger partial charge in [-0.3, -0.25) is 4.79 Å². The lowest BCUT2D eigenvalue weighted by Crippen LogP contribution is -2.33. The number of benzene rings is 2. The van der Waals surface area contributed by atoms with Crippen molar-refractivity contribution in [3.63, 3.8) is 0 Å². The number of hydrogen-bond acceptors (Lipinski definition) is 3. The average Bonchev–Trinajstić information content (AvgIpc) is 2.72. The van der Waals surface area contributed by atoms with Gasteiger partial charge in [-0.25, -0.2) is 8.78 Å². The number of ether oxygens (including phenoxy) is 2. The maximum Gasteiger partial charge on any atom is 0.314 e. The molecule has 0 amide bonds. The molecule has 0 spiro atoms. The van der Waals surface area contributed by atoms with Crippen LogP contribution in [0.4, 0.5) is 8.78 Å². The van der Waals surface area contributed by atoms with E-state index in [4.69, 9.17) is 9.47 Å². The van der Waals surface area contributed by atoms with Crippen LogP contribution in [-0.2, 0) is 4.79 Å². The topological polar surface area (TPSA) is 35.5 Å². The van der Waals surface area contributed by atoms with Crippen molar-refractivity contribution in [2.75, 3.05) is 6.61 Å². The molecule has 1 aliphatic rings. The van der Waals surface area contributed by atoms with E-state index in [1.165, 1.54) is 31.0 Å².